The van der Waals surface area contributed by atoms with Gasteiger partial charge in [0, 0.05) is 10.7 Å². The number of amides is 1. The van der Waals surface area contributed by atoms with Crippen LogP contribution in [-0.4, -0.2) is 11.9 Å². The van der Waals surface area contributed by atoms with E-state index in [2.05, 4.69) is 10.6 Å². The third-order valence-electron chi connectivity index (χ3n) is 2.91. The first-order chi connectivity index (χ1) is 10.4. The van der Waals surface area contributed by atoms with Crippen molar-refractivity contribution in [3.63, 3.8) is 0 Å². The fourth-order valence-electron chi connectivity index (χ4n) is 1.73. The molecule has 7 heteroatoms. The molecule has 0 aliphatic carbocycles. The van der Waals surface area contributed by atoms with Gasteiger partial charge in [-0.3, -0.25) is 4.79 Å². The zero-order valence-corrected chi connectivity index (χ0v) is 12.2. The van der Waals surface area contributed by atoms with Crippen molar-refractivity contribution in [2.75, 3.05) is 10.6 Å². The van der Waals surface area contributed by atoms with Crippen molar-refractivity contribution in [3.05, 3.63) is 58.9 Å². The molecule has 0 aliphatic heterocycles. The molecular weight excluding hydrogens is 317 g/mol. The summed E-state index contributed by atoms with van der Waals surface area (Å²) in [7, 11) is 0. The first-order valence-electron chi connectivity index (χ1n) is 6.35. The van der Waals surface area contributed by atoms with Gasteiger partial charge in [-0.15, -0.1) is 0 Å². The molecule has 0 fully saturated rings. The number of anilines is 2. The van der Waals surface area contributed by atoms with E-state index in [4.69, 9.17) is 11.6 Å². The lowest BCUT2D eigenvalue weighted by Crippen LogP contribution is -2.32. The van der Waals surface area contributed by atoms with Crippen molar-refractivity contribution < 1.29 is 18.0 Å². The van der Waals surface area contributed by atoms with Crippen LogP contribution in [0, 0.1) is 17.5 Å². The summed E-state index contributed by atoms with van der Waals surface area (Å²) in [6.45, 7) is 1.54. The van der Waals surface area contributed by atoms with Crippen LogP contribution in [0.1, 0.15) is 6.92 Å². The molecule has 2 aromatic rings. The number of benzene rings is 2. The molecular formula is C15H12ClF3N2O. The van der Waals surface area contributed by atoms with Gasteiger partial charge < -0.3 is 10.6 Å². The fraction of sp³-hybridized carbons (Fsp3) is 0.133. The van der Waals surface area contributed by atoms with E-state index in [1.807, 2.05) is 0 Å². The van der Waals surface area contributed by atoms with Crippen LogP contribution in [0.4, 0.5) is 24.5 Å². The van der Waals surface area contributed by atoms with E-state index in [1.54, 1.807) is 31.2 Å². The van der Waals surface area contributed by atoms with Crippen molar-refractivity contribution in [1.29, 1.82) is 0 Å². The highest BCUT2D eigenvalue weighted by atomic mass is 35.5. The average Bonchev–Trinajstić information content (AvgIpc) is 2.50. The van der Waals surface area contributed by atoms with Crippen LogP contribution in [-0.2, 0) is 4.79 Å². The molecule has 0 aliphatic rings. The van der Waals surface area contributed by atoms with Gasteiger partial charge in [0.25, 0.3) is 0 Å². The van der Waals surface area contributed by atoms with E-state index in [0.717, 1.165) is 12.1 Å². The first kappa shape index (κ1) is 16.2. The Morgan fingerprint density at radius 3 is 2.32 bits per heavy atom. The van der Waals surface area contributed by atoms with E-state index < -0.39 is 35.1 Å². The molecule has 0 saturated heterocycles. The maximum absolute atomic E-state index is 13.5. The van der Waals surface area contributed by atoms with E-state index in [0.29, 0.717) is 10.7 Å². The molecule has 0 bridgehead atoms. The molecule has 1 unspecified atom stereocenters. The lowest BCUT2D eigenvalue weighted by molar-refractivity contribution is -0.116. The monoisotopic (exact) mass is 328 g/mol. The van der Waals surface area contributed by atoms with E-state index in [9.17, 15) is 18.0 Å². The molecule has 0 saturated carbocycles. The Morgan fingerprint density at radius 1 is 1.05 bits per heavy atom. The number of hydrogen-bond donors (Lipinski definition) is 2. The van der Waals surface area contributed by atoms with Crippen molar-refractivity contribution >= 4 is 28.9 Å². The van der Waals surface area contributed by atoms with Gasteiger partial charge in [-0.25, -0.2) is 13.2 Å². The number of rotatable bonds is 4. The average molecular weight is 329 g/mol. The second-order valence-corrected chi connectivity index (χ2v) is 5.02. The highest BCUT2D eigenvalue weighted by molar-refractivity contribution is 6.30. The largest absolute Gasteiger partial charge is 0.374 e. The van der Waals surface area contributed by atoms with Crippen molar-refractivity contribution in [2.24, 2.45) is 0 Å². The quantitative estimate of drug-likeness (QED) is 0.826. The minimum absolute atomic E-state index is 0.423. The Balaban J connectivity index is 2.05. The number of nitrogens with one attached hydrogen (secondary N) is 2. The van der Waals surface area contributed by atoms with Crippen molar-refractivity contribution in [2.45, 2.75) is 13.0 Å². The Kier molecular flexibility index (Phi) is 4.92. The third kappa shape index (κ3) is 3.71. The van der Waals surface area contributed by atoms with E-state index in [-0.39, 0.29) is 0 Å². The smallest absolute Gasteiger partial charge is 0.246 e. The molecule has 0 heterocycles. The third-order valence-corrected chi connectivity index (χ3v) is 3.17. The van der Waals surface area contributed by atoms with Gasteiger partial charge in [-0.1, -0.05) is 11.6 Å². The number of carbonyl (C=O) groups is 1. The Morgan fingerprint density at radius 2 is 1.68 bits per heavy atom. The van der Waals surface area contributed by atoms with Gasteiger partial charge in [0.05, 0.1) is 5.69 Å². The van der Waals surface area contributed by atoms with Crippen molar-refractivity contribution in [3.8, 4) is 0 Å². The van der Waals surface area contributed by atoms with Crippen LogP contribution in [0.2, 0.25) is 5.02 Å². The Labute approximate surface area is 130 Å². The lowest BCUT2D eigenvalue weighted by atomic mass is 10.2. The van der Waals surface area contributed by atoms with Crippen LogP contribution in [0.5, 0.6) is 0 Å². The maximum Gasteiger partial charge on any atom is 0.246 e. The summed E-state index contributed by atoms with van der Waals surface area (Å²) in [5.74, 6) is -4.98. The predicted octanol–water partition coefficient (Wildman–Crippen LogP) is 4.20. The Hall–Kier alpha value is -2.21. The lowest BCUT2D eigenvalue weighted by Gasteiger charge is -2.15. The molecule has 0 radical (unpaired) electrons. The molecule has 2 aromatic carbocycles. The molecule has 1 amide bonds. The second kappa shape index (κ2) is 6.70. The molecule has 116 valence electrons. The summed E-state index contributed by atoms with van der Waals surface area (Å²) in [5, 5.41) is 5.62. The molecule has 2 N–H and O–H groups in total. The molecule has 0 aromatic heterocycles. The molecule has 2 rings (SSSR count). The van der Waals surface area contributed by atoms with E-state index >= 15 is 0 Å². The number of hydrogen-bond acceptors (Lipinski definition) is 2. The summed E-state index contributed by atoms with van der Waals surface area (Å²) in [4.78, 5) is 11.9. The Bertz CT molecular complexity index is 692. The highest BCUT2D eigenvalue weighted by Crippen LogP contribution is 2.20. The predicted molar refractivity (Wildman–Crippen MR) is 79.5 cm³/mol. The minimum atomic E-state index is -1.63. The SMILES string of the molecule is CC(Nc1ccc(Cl)cc1)C(=O)Nc1ccc(F)c(F)c1F. The normalized spacial score (nSPS) is 11.9. The van der Waals surface area contributed by atoms with Gasteiger partial charge in [-0.05, 0) is 43.3 Å². The second-order valence-electron chi connectivity index (χ2n) is 4.59. The zero-order valence-electron chi connectivity index (χ0n) is 11.5. The van der Waals surface area contributed by atoms with Gasteiger partial charge in [0.15, 0.2) is 17.5 Å². The summed E-state index contributed by atoms with van der Waals surface area (Å²) in [6.07, 6.45) is 0. The van der Waals surface area contributed by atoms with E-state index in [1.165, 1.54) is 0 Å². The van der Waals surface area contributed by atoms with Gasteiger partial charge >= 0.3 is 0 Å². The summed E-state index contributed by atoms with van der Waals surface area (Å²) in [5.41, 5.74) is 0.214. The van der Waals surface area contributed by atoms with Crippen LogP contribution in [0.25, 0.3) is 0 Å². The minimum Gasteiger partial charge on any atom is -0.374 e. The summed E-state index contributed by atoms with van der Waals surface area (Å²) in [6, 6.07) is 7.60. The van der Waals surface area contributed by atoms with Gasteiger partial charge in [-0.2, -0.15) is 0 Å². The van der Waals surface area contributed by atoms with Crippen LogP contribution >= 0.6 is 11.6 Å². The van der Waals surface area contributed by atoms with Gasteiger partial charge in [0.1, 0.15) is 6.04 Å². The summed E-state index contributed by atoms with van der Waals surface area (Å²) < 4.78 is 39.4. The first-order valence-corrected chi connectivity index (χ1v) is 6.72. The van der Waals surface area contributed by atoms with Crippen LogP contribution in [0.3, 0.4) is 0 Å². The van der Waals surface area contributed by atoms with Crippen molar-refractivity contribution in [1.82, 2.24) is 0 Å². The molecule has 22 heavy (non-hydrogen) atoms. The molecule has 0 spiro atoms. The number of carbonyl (C=O) groups excluding carboxylic acids is 1. The van der Waals surface area contributed by atoms with Crippen LogP contribution < -0.4 is 10.6 Å². The fourth-order valence-corrected chi connectivity index (χ4v) is 1.85. The molecule has 3 nitrogen and oxygen atoms in total. The molecule has 1 atom stereocenters. The topological polar surface area (TPSA) is 41.1 Å². The zero-order chi connectivity index (χ0) is 16.3. The standard InChI is InChI=1S/C15H12ClF3N2O/c1-8(20-10-4-2-9(16)3-5-10)15(22)21-12-7-6-11(17)13(18)14(12)19/h2-8,20H,1H3,(H,21,22). The highest BCUT2D eigenvalue weighted by Gasteiger charge is 2.18. The maximum atomic E-state index is 13.5. The summed E-state index contributed by atoms with van der Waals surface area (Å²) >= 11 is 5.75. The van der Waals surface area contributed by atoms with Gasteiger partial charge in [0.2, 0.25) is 5.91 Å². The van der Waals surface area contributed by atoms with Crippen LogP contribution in [0.15, 0.2) is 36.4 Å². The number of halogens is 4.